The smallest absolute Gasteiger partial charge is 0.202 e. The number of rotatable bonds is 6. The van der Waals surface area contributed by atoms with Gasteiger partial charge in [0.1, 0.15) is 6.10 Å². The summed E-state index contributed by atoms with van der Waals surface area (Å²) >= 11 is 3.24. The first-order valence-electron chi connectivity index (χ1n) is 7.70. The van der Waals surface area contributed by atoms with Gasteiger partial charge < -0.3 is 4.43 Å². The van der Waals surface area contributed by atoms with E-state index in [9.17, 15) is 0 Å². The van der Waals surface area contributed by atoms with Gasteiger partial charge in [-0.2, -0.15) is 0 Å². The van der Waals surface area contributed by atoms with E-state index in [1.807, 2.05) is 18.2 Å². The molecule has 0 aliphatic carbocycles. The topological polar surface area (TPSA) is 9.23 Å². The van der Waals surface area contributed by atoms with Crippen molar-refractivity contribution in [2.75, 3.05) is 0 Å². The van der Waals surface area contributed by atoms with E-state index in [1.165, 1.54) is 0 Å². The van der Waals surface area contributed by atoms with Crippen molar-refractivity contribution in [1.82, 2.24) is 0 Å². The third kappa shape index (κ3) is 4.22. The van der Waals surface area contributed by atoms with Gasteiger partial charge in [-0.05, 0) is 27.0 Å². The predicted molar refractivity (Wildman–Crippen MR) is 98.0 cm³/mol. The lowest BCUT2D eigenvalue weighted by molar-refractivity contribution is 0.229. The van der Waals surface area contributed by atoms with Crippen molar-refractivity contribution in [3.8, 4) is 10.8 Å². The molecule has 0 N–H and O–H groups in total. The Hall–Kier alpha value is -0.563. The van der Waals surface area contributed by atoms with Crippen LogP contribution in [0.1, 0.15) is 53.2 Å². The van der Waals surface area contributed by atoms with Crippen molar-refractivity contribution in [3.05, 3.63) is 35.9 Å². The SMILES string of the molecule is CC(C)[Si](OC(C#CBr)c1ccccc1)(C(C)C)C(C)C. The molecule has 1 aromatic rings. The second-order valence-electron chi connectivity index (χ2n) is 6.47. The van der Waals surface area contributed by atoms with Gasteiger partial charge in [0.2, 0.25) is 8.32 Å². The third-order valence-corrected chi connectivity index (χ3v) is 10.6. The van der Waals surface area contributed by atoms with Crippen LogP contribution in [-0.2, 0) is 4.43 Å². The molecule has 0 radical (unpaired) electrons. The fourth-order valence-electron chi connectivity index (χ4n) is 3.47. The Bertz CT molecular complexity index is 463. The molecule has 3 heteroatoms. The molecule has 1 rings (SSSR count). The Morgan fingerprint density at radius 1 is 0.905 bits per heavy atom. The summed E-state index contributed by atoms with van der Waals surface area (Å²) in [6.07, 6.45) is -0.149. The minimum absolute atomic E-state index is 0.149. The van der Waals surface area contributed by atoms with Crippen LogP contribution in [0, 0.1) is 10.8 Å². The van der Waals surface area contributed by atoms with E-state index in [1.54, 1.807) is 0 Å². The lowest BCUT2D eigenvalue weighted by Gasteiger charge is -2.43. The molecular formula is C18H27BrOSi. The number of hydrogen-bond acceptors (Lipinski definition) is 1. The van der Waals surface area contributed by atoms with Crippen LogP contribution in [0.25, 0.3) is 0 Å². The van der Waals surface area contributed by atoms with Crippen LogP contribution in [0.15, 0.2) is 30.3 Å². The molecule has 1 aromatic carbocycles. The monoisotopic (exact) mass is 366 g/mol. The van der Waals surface area contributed by atoms with Gasteiger partial charge in [0, 0.05) is 15.9 Å². The molecule has 1 nitrogen and oxygen atoms in total. The molecule has 0 aliphatic heterocycles. The van der Waals surface area contributed by atoms with E-state index in [0.717, 1.165) is 5.56 Å². The Labute approximate surface area is 139 Å². The Morgan fingerprint density at radius 3 is 1.76 bits per heavy atom. The van der Waals surface area contributed by atoms with Crippen molar-refractivity contribution in [2.45, 2.75) is 64.3 Å². The summed E-state index contributed by atoms with van der Waals surface area (Å²) in [7, 11) is -1.93. The van der Waals surface area contributed by atoms with E-state index in [4.69, 9.17) is 4.43 Å². The van der Waals surface area contributed by atoms with Crippen LogP contribution >= 0.6 is 15.9 Å². The van der Waals surface area contributed by atoms with E-state index in [2.05, 4.69) is 80.4 Å². The highest BCUT2D eigenvalue weighted by Crippen LogP contribution is 2.44. The molecule has 1 atom stereocenters. The highest BCUT2D eigenvalue weighted by molar-refractivity contribution is 9.12. The second kappa shape index (κ2) is 8.17. The normalized spacial score (nSPS) is 13.4. The molecule has 21 heavy (non-hydrogen) atoms. The van der Waals surface area contributed by atoms with Crippen molar-refractivity contribution in [3.63, 3.8) is 0 Å². The second-order valence-corrected chi connectivity index (χ2v) is 12.3. The van der Waals surface area contributed by atoms with E-state index >= 15 is 0 Å². The van der Waals surface area contributed by atoms with Crippen LogP contribution in [0.4, 0.5) is 0 Å². The zero-order chi connectivity index (χ0) is 16.0. The molecule has 0 fully saturated rings. The van der Waals surface area contributed by atoms with Gasteiger partial charge >= 0.3 is 0 Å². The fourth-order valence-corrected chi connectivity index (χ4v) is 9.10. The van der Waals surface area contributed by atoms with Gasteiger partial charge in [-0.3, -0.25) is 0 Å². The average Bonchev–Trinajstić information content (AvgIpc) is 2.43. The molecule has 0 aliphatic rings. The zero-order valence-electron chi connectivity index (χ0n) is 14.0. The van der Waals surface area contributed by atoms with Gasteiger partial charge in [0.25, 0.3) is 0 Å². The summed E-state index contributed by atoms with van der Waals surface area (Å²) in [6.45, 7) is 13.8. The Kier molecular flexibility index (Phi) is 7.19. The highest BCUT2D eigenvalue weighted by atomic mass is 79.9. The van der Waals surface area contributed by atoms with Crippen LogP contribution in [0.3, 0.4) is 0 Å². The lowest BCUT2D eigenvalue weighted by Crippen LogP contribution is -2.48. The minimum atomic E-state index is -1.93. The fraction of sp³-hybridized carbons (Fsp3) is 0.556. The van der Waals surface area contributed by atoms with E-state index in [0.29, 0.717) is 16.6 Å². The predicted octanol–water partition coefficient (Wildman–Crippen LogP) is 6.28. The molecule has 0 bridgehead atoms. The summed E-state index contributed by atoms with van der Waals surface area (Å²) in [5, 5.41) is 0. The van der Waals surface area contributed by atoms with Crippen molar-refractivity contribution in [2.24, 2.45) is 0 Å². The molecule has 0 heterocycles. The molecule has 0 aromatic heterocycles. The van der Waals surface area contributed by atoms with Gasteiger partial charge in [0.15, 0.2) is 0 Å². The van der Waals surface area contributed by atoms with Gasteiger partial charge in [-0.25, -0.2) is 0 Å². The average molecular weight is 367 g/mol. The zero-order valence-corrected chi connectivity index (χ0v) is 16.6. The molecule has 1 unspecified atom stereocenters. The number of benzene rings is 1. The molecule has 116 valence electrons. The summed E-state index contributed by atoms with van der Waals surface area (Å²) in [6, 6.07) is 10.3. The summed E-state index contributed by atoms with van der Waals surface area (Å²) in [5.41, 5.74) is 2.81. The first kappa shape index (κ1) is 18.5. The summed E-state index contributed by atoms with van der Waals surface area (Å²) in [5.74, 6) is 3.20. The van der Waals surface area contributed by atoms with Crippen LogP contribution in [0.5, 0.6) is 0 Å². The maximum Gasteiger partial charge on any atom is 0.202 e. The van der Waals surface area contributed by atoms with Crippen molar-refractivity contribution >= 4 is 24.2 Å². The maximum atomic E-state index is 6.78. The van der Waals surface area contributed by atoms with Gasteiger partial charge in [-0.15, -0.1) is 0 Å². The molecule has 0 spiro atoms. The number of halogens is 1. The third-order valence-electron chi connectivity index (χ3n) is 4.32. The molecule has 0 saturated carbocycles. The van der Waals surface area contributed by atoms with Crippen LogP contribution < -0.4 is 0 Å². The highest BCUT2D eigenvalue weighted by Gasteiger charge is 2.46. The van der Waals surface area contributed by atoms with Gasteiger partial charge in [0.05, 0.1) is 0 Å². The van der Waals surface area contributed by atoms with Crippen molar-refractivity contribution in [1.29, 1.82) is 0 Å². The molecule has 0 saturated heterocycles. The Balaban J connectivity index is 3.22. The van der Waals surface area contributed by atoms with Crippen LogP contribution in [0.2, 0.25) is 16.6 Å². The largest absolute Gasteiger partial charge is 0.399 e. The maximum absolute atomic E-state index is 6.78. The summed E-state index contributed by atoms with van der Waals surface area (Å²) < 4.78 is 6.78. The minimum Gasteiger partial charge on any atom is -0.399 e. The Morgan fingerprint density at radius 2 is 1.38 bits per heavy atom. The van der Waals surface area contributed by atoms with Crippen molar-refractivity contribution < 1.29 is 4.43 Å². The van der Waals surface area contributed by atoms with E-state index in [-0.39, 0.29) is 6.10 Å². The summed E-state index contributed by atoms with van der Waals surface area (Å²) in [4.78, 5) is 2.87. The van der Waals surface area contributed by atoms with Crippen LogP contribution in [-0.4, -0.2) is 8.32 Å². The number of hydrogen-bond donors (Lipinski definition) is 0. The standard InChI is InChI=1S/C18H27BrOSi/c1-14(2)21(15(3)4,16(5)6)20-18(12-13-19)17-10-8-7-9-11-17/h7-11,14-16,18H,1-6H3. The lowest BCUT2D eigenvalue weighted by atomic mass is 10.1. The first-order valence-corrected chi connectivity index (χ1v) is 10.6. The van der Waals surface area contributed by atoms with E-state index < -0.39 is 8.32 Å². The molecule has 0 amide bonds. The molecular weight excluding hydrogens is 340 g/mol. The first-order chi connectivity index (χ1) is 9.86. The van der Waals surface area contributed by atoms with Gasteiger partial charge in [-0.1, -0.05) is 77.8 Å². The quantitative estimate of drug-likeness (QED) is 0.425.